The van der Waals surface area contributed by atoms with Gasteiger partial charge in [-0.05, 0) is 13.0 Å². The normalized spacial score (nSPS) is 18.9. The van der Waals surface area contributed by atoms with Crippen LogP contribution in [-0.2, 0) is 26.8 Å². The molecule has 1 rings (SSSR count). The van der Waals surface area contributed by atoms with Crippen LogP contribution in [0.2, 0.25) is 0 Å². The fraction of sp³-hybridized carbons (Fsp3) is 0.400. The van der Waals surface area contributed by atoms with Crippen LogP contribution in [0.15, 0.2) is 17.1 Å². The molecule has 4 atom stereocenters. The van der Waals surface area contributed by atoms with E-state index < -0.39 is 47.5 Å². The van der Waals surface area contributed by atoms with Crippen LogP contribution in [0.25, 0.3) is 0 Å². The van der Waals surface area contributed by atoms with E-state index >= 15 is 0 Å². The summed E-state index contributed by atoms with van der Waals surface area (Å²) in [4.78, 5) is 48.8. The molecule has 6 N–H and O–H groups in total. The van der Waals surface area contributed by atoms with Crippen molar-refractivity contribution in [3.63, 3.8) is 0 Å². The van der Waals surface area contributed by atoms with Crippen LogP contribution >= 0.6 is 35.7 Å². The summed E-state index contributed by atoms with van der Waals surface area (Å²) in [6, 6.07) is 1.27. The first kappa shape index (κ1) is 30.3. The number of aliphatic hydroxyl groups excluding tert-OH is 1. The zero-order chi connectivity index (χ0) is 22.7. The van der Waals surface area contributed by atoms with Crippen LogP contribution < -0.4 is 5.69 Å². The molecule has 0 saturated carbocycles. The number of hydrogen-bond donors (Lipinski definition) is 6. The molecule has 170 valence electrons. The summed E-state index contributed by atoms with van der Waals surface area (Å²) in [5.41, 5.74) is -3.40. The Morgan fingerprint density at radius 1 is 1.27 bits per heavy atom. The minimum Gasteiger partial charge on any atom is -0.435 e. The average Bonchev–Trinajstić information content (AvgIpc) is 2.45. The average molecular weight is 738 g/mol. The van der Waals surface area contributed by atoms with Gasteiger partial charge >= 0.3 is 54.6 Å². The maximum absolute atomic E-state index is 14.6. The quantitative estimate of drug-likeness (QED) is 0.104. The molecule has 20 heteroatoms. The molecule has 30 heavy (non-hydrogen) atoms. The number of aromatic amines is 1. The fourth-order valence-corrected chi connectivity index (χ4v) is 4.76. The Balaban J connectivity index is 0.00000841. The van der Waals surface area contributed by atoms with Gasteiger partial charge < -0.3 is 43.5 Å². The summed E-state index contributed by atoms with van der Waals surface area (Å²) in [6.07, 6.45) is -0.284. The predicted octanol–water partition coefficient (Wildman–Crippen LogP) is 0.552. The Kier molecular flexibility index (Phi) is 11.6. The van der Waals surface area contributed by atoms with Crippen molar-refractivity contribution in [2.24, 2.45) is 0 Å². The van der Waals surface area contributed by atoms with Gasteiger partial charge in [-0.15, -0.1) is 0 Å². The summed E-state index contributed by atoms with van der Waals surface area (Å²) in [7, 11) is -16.7. The summed E-state index contributed by atoms with van der Waals surface area (Å²) < 4.78 is 59.7. The molecule has 1 heterocycles. The second-order valence-corrected chi connectivity index (χ2v) is 10.2. The van der Waals surface area contributed by atoms with Crippen LogP contribution in [0.3, 0.4) is 0 Å². The van der Waals surface area contributed by atoms with E-state index in [-0.39, 0.29) is 35.8 Å². The van der Waals surface area contributed by atoms with Gasteiger partial charge in [0, 0.05) is 0 Å². The van der Waals surface area contributed by atoms with Crippen molar-refractivity contribution < 1.29 is 87.0 Å². The number of phosphoric ester groups is 1. The maximum Gasteiger partial charge on any atom is 2.00 e. The van der Waals surface area contributed by atoms with E-state index in [0.29, 0.717) is 13.0 Å². The first-order valence-corrected chi connectivity index (χ1v) is 12.0. The summed E-state index contributed by atoms with van der Waals surface area (Å²) in [5, 5.41) is 9.83. The zero-order valence-corrected chi connectivity index (χ0v) is 22.4. The van der Waals surface area contributed by atoms with Gasteiger partial charge in [0.1, 0.15) is 0 Å². The molecule has 1 aromatic heterocycles. The first-order valence-electron chi connectivity index (χ1n) is 7.09. The molecular formula is C10H16FN2O12P3SU. The topological polar surface area (TPSA) is 218 Å². The van der Waals surface area contributed by atoms with Gasteiger partial charge in [-0.3, -0.25) is 10.8 Å². The van der Waals surface area contributed by atoms with E-state index in [2.05, 4.69) is 18.1 Å². The number of alkyl halides is 1. The van der Waals surface area contributed by atoms with Crippen LogP contribution in [0.5, 0.6) is 0 Å². The van der Waals surface area contributed by atoms with Gasteiger partial charge in [-0.2, -0.15) is 8.62 Å². The molecular weight excluding hydrogens is 722 g/mol. The third kappa shape index (κ3) is 11.3. The predicted molar refractivity (Wildman–Crippen MR) is 95.2 cm³/mol. The van der Waals surface area contributed by atoms with Crippen LogP contribution in [0, 0.1) is 48.7 Å². The van der Waals surface area contributed by atoms with Crippen molar-refractivity contribution in [1.29, 1.82) is 0 Å². The van der Waals surface area contributed by atoms with E-state index in [9.17, 15) is 32.9 Å². The number of nitrogens with one attached hydrogen (secondary N) is 1. The summed E-state index contributed by atoms with van der Waals surface area (Å²) in [6.45, 7) is 0.504. The second-order valence-electron chi connectivity index (χ2n) is 5.37. The SMILES string of the molecule is CC(F)([CH-]n1ccc(=S)[nH]c1=O)[C@@H](O)[CH-]COP(=O)(O)OP(=O)(O)OP(=O)(O)O.[U+2]. The third-order valence-corrected chi connectivity index (χ3v) is 6.83. The third-order valence-electron chi connectivity index (χ3n) is 2.79. The van der Waals surface area contributed by atoms with Crippen LogP contribution in [0.1, 0.15) is 6.92 Å². The van der Waals surface area contributed by atoms with Crippen molar-refractivity contribution in [2.45, 2.75) is 18.7 Å². The number of aromatic nitrogens is 2. The van der Waals surface area contributed by atoms with Crippen molar-refractivity contribution in [2.75, 3.05) is 6.61 Å². The number of aliphatic hydroxyl groups is 1. The van der Waals surface area contributed by atoms with Crippen LogP contribution in [-0.4, -0.2) is 52.6 Å². The largest absolute Gasteiger partial charge is 2.00 e. The molecule has 0 aromatic carbocycles. The molecule has 0 aliphatic rings. The minimum absolute atomic E-state index is 0. The second kappa shape index (κ2) is 11.5. The van der Waals surface area contributed by atoms with Gasteiger partial charge in [-0.25, -0.2) is 13.7 Å². The monoisotopic (exact) mass is 738 g/mol. The molecule has 0 fully saturated rings. The fourth-order valence-electron chi connectivity index (χ4n) is 1.64. The maximum atomic E-state index is 14.6. The smallest absolute Gasteiger partial charge is 0.435 e. The van der Waals surface area contributed by atoms with E-state index in [4.69, 9.17) is 26.9 Å². The molecule has 0 aliphatic carbocycles. The molecule has 0 spiro atoms. The Bertz CT molecular complexity index is 979. The van der Waals surface area contributed by atoms with E-state index in [1.54, 1.807) is 0 Å². The van der Waals surface area contributed by atoms with Gasteiger partial charge in [0.2, 0.25) is 5.69 Å². The Labute approximate surface area is 197 Å². The molecule has 0 aliphatic heterocycles. The van der Waals surface area contributed by atoms with E-state index in [0.717, 1.165) is 17.7 Å². The number of hydrogen-bond acceptors (Lipinski definition) is 9. The number of phosphoric acid groups is 3. The molecule has 0 radical (unpaired) electrons. The van der Waals surface area contributed by atoms with Gasteiger partial charge in [0.25, 0.3) is 0 Å². The molecule has 0 bridgehead atoms. The van der Waals surface area contributed by atoms with E-state index in [1.807, 2.05) is 0 Å². The van der Waals surface area contributed by atoms with Gasteiger partial charge in [-0.1, -0.05) is 37.6 Å². The van der Waals surface area contributed by atoms with E-state index in [1.165, 1.54) is 6.07 Å². The first-order chi connectivity index (χ1) is 12.9. The molecule has 1 aromatic rings. The Morgan fingerprint density at radius 2 is 1.83 bits per heavy atom. The molecule has 0 saturated heterocycles. The summed E-state index contributed by atoms with van der Waals surface area (Å²) in [5.74, 6) is 0. The minimum atomic E-state index is -5.70. The van der Waals surface area contributed by atoms with Crippen molar-refractivity contribution in [3.8, 4) is 0 Å². The molecule has 14 nitrogen and oxygen atoms in total. The van der Waals surface area contributed by atoms with Crippen molar-refractivity contribution >= 4 is 35.7 Å². The number of halogens is 1. The van der Waals surface area contributed by atoms with Gasteiger partial charge in [0.05, 0.1) is 10.3 Å². The zero-order valence-electron chi connectivity index (χ0n) is 14.8. The number of nitrogens with zero attached hydrogens (tertiary/aromatic N) is 1. The van der Waals surface area contributed by atoms with Gasteiger partial charge in [0.15, 0.2) is 0 Å². The number of rotatable bonds is 11. The summed E-state index contributed by atoms with van der Waals surface area (Å²) >= 11 is 4.71. The van der Waals surface area contributed by atoms with Crippen molar-refractivity contribution in [3.05, 3.63) is 40.4 Å². The van der Waals surface area contributed by atoms with Crippen molar-refractivity contribution in [1.82, 2.24) is 9.55 Å². The molecule has 3 unspecified atom stereocenters. The Morgan fingerprint density at radius 3 is 2.33 bits per heavy atom. The molecule has 0 amide bonds. The van der Waals surface area contributed by atoms with Crippen LogP contribution in [0.4, 0.5) is 4.39 Å². The number of H-pyrrole nitrogens is 1. The Hall–Kier alpha value is 0.322. The standard InChI is InChI=1S/C10H16FN2O12P3S.U/c1-10(11,6-13-4-2-8(29)12-9(13)15)7(14)3-5-23-27(19,20)25-28(21,22)24-26(16,17)18;/h2-4,6-7,14H,5H2,1H3,(H,19,20)(H,21,22)(H,12,15,29)(H2,16,17,18);/q-2;+2/t7-,10?;/m0./s1.